The summed E-state index contributed by atoms with van der Waals surface area (Å²) in [7, 11) is 0. The maximum Gasteiger partial charge on any atom is 0.326 e. The van der Waals surface area contributed by atoms with Crippen molar-refractivity contribution in [1.29, 1.82) is 0 Å². The van der Waals surface area contributed by atoms with Crippen molar-refractivity contribution in [3.63, 3.8) is 0 Å². The molecule has 2 aliphatic rings. The molecule has 0 aliphatic carbocycles. The number of benzene rings is 1. The zero-order chi connectivity index (χ0) is 14.8. The number of aliphatic carboxylic acids is 1. The number of carbonyl (C=O) groups excluding carboxylic acids is 1. The summed E-state index contributed by atoms with van der Waals surface area (Å²) < 4.78 is 0. The molecule has 112 valence electrons. The number of nitrogens with zero attached hydrogens (tertiary/aromatic N) is 1. The largest absolute Gasteiger partial charge is 0.480 e. The molecule has 0 bridgehead atoms. The van der Waals surface area contributed by atoms with Crippen LogP contribution in [-0.2, 0) is 22.6 Å². The Morgan fingerprint density at radius 3 is 2.62 bits per heavy atom. The van der Waals surface area contributed by atoms with E-state index in [1.807, 2.05) is 24.3 Å². The van der Waals surface area contributed by atoms with Crippen molar-refractivity contribution in [3.8, 4) is 0 Å². The van der Waals surface area contributed by atoms with Crippen molar-refractivity contribution in [3.05, 3.63) is 35.4 Å². The van der Waals surface area contributed by atoms with E-state index in [0.717, 1.165) is 36.9 Å². The molecule has 5 heteroatoms. The van der Waals surface area contributed by atoms with Crippen molar-refractivity contribution < 1.29 is 14.7 Å². The van der Waals surface area contributed by atoms with Crippen LogP contribution in [0.2, 0.25) is 0 Å². The van der Waals surface area contributed by atoms with Gasteiger partial charge in [0.15, 0.2) is 0 Å². The molecule has 1 fully saturated rings. The molecule has 1 saturated heterocycles. The number of carboxylic acids is 1. The molecular weight excluding hydrogens is 268 g/mol. The lowest BCUT2D eigenvalue weighted by atomic mass is 9.92. The zero-order valence-corrected chi connectivity index (χ0v) is 11.9. The van der Waals surface area contributed by atoms with E-state index >= 15 is 0 Å². The quantitative estimate of drug-likeness (QED) is 0.857. The van der Waals surface area contributed by atoms with E-state index in [1.54, 1.807) is 0 Å². The number of carboxylic acid groups (broad SMARTS) is 1. The van der Waals surface area contributed by atoms with Gasteiger partial charge < -0.3 is 15.3 Å². The number of rotatable bonds is 2. The van der Waals surface area contributed by atoms with E-state index in [9.17, 15) is 14.7 Å². The first-order chi connectivity index (χ1) is 10.2. The van der Waals surface area contributed by atoms with Crippen molar-refractivity contribution in [2.45, 2.75) is 44.3 Å². The van der Waals surface area contributed by atoms with Crippen LogP contribution in [0.25, 0.3) is 0 Å². The summed E-state index contributed by atoms with van der Waals surface area (Å²) >= 11 is 0. The highest BCUT2D eigenvalue weighted by Crippen LogP contribution is 2.25. The van der Waals surface area contributed by atoms with Gasteiger partial charge in [0, 0.05) is 13.0 Å². The second-order valence-corrected chi connectivity index (χ2v) is 5.80. The Balaban J connectivity index is 1.85. The van der Waals surface area contributed by atoms with Crippen molar-refractivity contribution >= 4 is 11.9 Å². The van der Waals surface area contributed by atoms with E-state index < -0.39 is 12.0 Å². The average molecular weight is 288 g/mol. The van der Waals surface area contributed by atoms with Gasteiger partial charge >= 0.3 is 5.97 Å². The summed E-state index contributed by atoms with van der Waals surface area (Å²) in [5, 5.41) is 12.7. The molecule has 1 unspecified atom stereocenters. The molecular formula is C16H20N2O3. The second-order valence-electron chi connectivity index (χ2n) is 5.80. The van der Waals surface area contributed by atoms with Crippen LogP contribution in [-0.4, -0.2) is 40.5 Å². The topological polar surface area (TPSA) is 69.6 Å². The lowest BCUT2D eigenvalue weighted by molar-refractivity contribution is -0.152. The number of piperidine rings is 1. The summed E-state index contributed by atoms with van der Waals surface area (Å²) in [6, 6.07) is 6.79. The molecule has 0 saturated carbocycles. The molecule has 0 spiro atoms. The Bertz CT molecular complexity index is 552. The first-order valence-corrected chi connectivity index (χ1v) is 7.50. The predicted molar refractivity (Wildman–Crippen MR) is 77.8 cm³/mol. The minimum atomic E-state index is -0.923. The van der Waals surface area contributed by atoms with Gasteiger partial charge in [-0.05, 0) is 30.5 Å². The molecule has 0 aromatic heterocycles. The van der Waals surface area contributed by atoms with Crippen LogP contribution in [0.1, 0.15) is 30.4 Å². The SMILES string of the molecule is O=C(O)C1Cc2ccccc2CN1C(=O)[C@H]1CCCCN1. The fraction of sp³-hybridized carbons (Fsp3) is 0.500. The fourth-order valence-electron chi connectivity index (χ4n) is 3.24. The highest BCUT2D eigenvalue weighted by molar-refractivity contribution is 5.87. The lowest BCUT2D eigenvalue weighted by Gasteiger charge is -2.37. The monoisotopic (exact) mass is 288 g/mol. The zero-order valence-electron chi connectivity index (χ0n) is 11.9. The summed E-state index contributed by atoms with van der Waals surface area (Å²) in [5.41, 5.74) is 2.09. The summed E-state index contributed by atoms with van der Waals surface area (Å²) in [6.45, 7) is 1.22. The lowest BCUT2D eigenvalue weighted by Crippen LogP contribution is -2.55. The third-order valence-corrected chi connectivity index (χ3v) is 4.43. The molecule has 1 amide bonds. The van der Waals surface area contributed by atoms with Gasteiger partial charge in [0.2, 0.25) is 5.91 Å². The fourth-order valence-corrected chi connectivity index (χ4v) is 3.24. The number of carbonyl (C=O) groups is 2. The molecule has 0 radical (unpaired) electrons. The van der Waals surface area contributed by atoms with Crippen LogP contribution in [0.15, 0.2) is 24.3 Å². The van der Waals surface area contributed by atoms with E-state index in [-0.39, 0.29) is 11.9 Å². The second kappa shape index (κ2) is 5.85. The standard InChI is InChI=1S/C16H20N2O3/c19-15(13-7-3-4-8-17-13)18-10-12-6-2-1-5-11(12)9-14(18)16(20)21/h1-2,5-6,13-14,17H,3-4,7-10H2,(H,20,21)/t13-,14?/m1/s1. The van der Waals surface area contributed by atoms with Crippen molar-refractivity contribution in [2.75, 3.05) is 6.54 Å². The highest BCUT2D eigenvalue weighted by Gasteiger charge is 2.37. The summed E-state index contributed by atoms with van der Waals surface area (Å²) in [6.07, 6.45) is 3.29. The minimum absolute atomic E-state index is 0.0726. The molecule has 5 nitrogen and oxygen atoms in total. The van der Waals surface area contributed by atoms with E-state index in [0.29, 0.717) is 13.0 Å². The number of hydrogen-bond acceptors (Lipinski definition) is 3. The normalized spacial score (nSPS) is 25.2. The first kappa shape index (κ1) is 14.1. The average Bonchev–Trinajstić information content (AvgIpc) is 2.53. The first-order valence-electron chi connectivity index (χ1n) is 7.50. The molecule has 2 N–H and O–H groups in total. The molecule has 2 atom stereocenters. The van der Waals surface area contributed by atoms with Crippen LogP contribution in [0.3, 0.4) is 0 Å². The number of nitrogens with one attached hydrogen (secondary N) is 1. The number of amides is 1. The van der Waals surface area contributed by atoms with Crippen LogP contribution < -0.4 is 5.32 Å². The van der Waals surface area contributed by atoms with Gasteiger partial charge in [-0.15, -0.1) is 0 Å². The molecule has 21 heavy (non-hydrogen) atoms. The van der Waals surface area contributed by atoms with Crippen molar-refractivity contribution in [2.24, 2.45) is 0 Å². The van der Waals surface area contributed by atoms with Gasteiger partial charge in [0.05, 0.1) is 6.04 Å². The number of hydrogen-bond donors (Lipinski definition) is 2. The molecule has 3 rings (SSSR count). The molecule has 1 aromatic rings. The van der Waals surface area contributed by atoms with Crippen molar-refractivity contribution in [1.82, 2.24) is 10.2 Å². The van der Waals surface area contributed by atoms with E-state index in [2.05, 4.69) is 5.32 Å². The van der Waals surface area contributed by atoms with Gasteiger partial charge in [-0.25, -0.2) is 4.79 Å². The maximum atomic E-state index is 12.7. The summed E-state index contributed by atoms with van der Waals surface area (Å²) in [4.78, 5) is 25.8. The third kappa shape index (κ3) is 2.78. The van der Waals surface area contributed by atoms with Gasteiger partial charge in [-0.1, -0.05) is 30.7 Å². The number of fused-ring (bicyclic) bond motifs is 1. The van der Waals surface area contributed by atoms with E-state index in [4.69, 9.17) is 0 Å². The Kier molecular flexibility index (Phi) is 3.92. The Morgan fingerprint density at radius 2 is 1.95 bits per heavy atom. The predicted octanol–water partition coefficient (Wildman–Crippen LogP) is 1.17. The summed E-state index contributed by atoms with van der Waals surface area (Å²) in [5.74, 6) is -0.995. The maximum absolute atomic E-state index is 12.7. The highest BCUT2D eigenvalue weighted by atomic mass is 16.4. The molecule has 2 heterocycles. The van der Waals surface area contributed by atoms with Gasteiger partial charge in [0.1, 0.15) is 6.04 Å². The molecule has 2 aliphatic heterocycles. The van der Waals surface area contributed by atoms with Crippen LogP contribution in [0.5, 0.6) is 0 Å². The Hall–Kier alpha value is -1.88. The molecule has 1 aromatic carbocycles. The van der Waals surface area contributed by atoms with Crippen LogP contribution in [0, 0.1) is 0 Å². The van der Waals surface area contributed by atoms with Gasteiger partial charge in [0.25, 0.3) is 0 Å². The third-order valence-electron chi connectivity index (χ3n) is 4.43. The minimum Gasteiger partial charge on any atom is -0.480 e. The van der Waals surface area contributed by atoms with Crippen LogP contribution in [0.4, 0.5) is 0 Å². The Morgan fingerprint density at radius 1 is 1.19 bits per heavy atom. The Labute approximate surface area is 123 Å². The van der Waals surface area contributed by atoms with Gasteiger partial charge in [-0.3, -0.25) is 4.79 Å². The van der Waals surface area contributed by atoms with Gasteiger partial charge in [-0.2, -0.15) is 0 Å². The smallest absolute Gasteiger partial charge is 0.326 e. The van der Waals surface area contributed by atoms with Crippen LogP contribution >= 0.6 is 0 Å². The van der Waals surface area contributed by atoms with E-state index in [1.165, 1.54) is 4.90 Å².